The van der Waals surface area contributed by atoms with Crippen molar-refractivity contribution >= 4 is 40.1 Å². The summed E-state index contributed by atoms with van der Waals surface area (Å²) in [5, 5.41) is 42.2. The number of para-hydroxylation sites is 1. The molecule has 7 aromatic rings. The quantitative estimate of drug-likeness (QED) is 0.119. The third-order valence-corrected chi connectivity index (χ3v) is 13.8. The van der Waals surface area contributed by atoms with Crippen LogP contribution < -0.4 is 10.2 Å². The molecule has 10 rings (SSSR count). The van der Waals surface area contributed by atoms with Crippen molar-refractivity contribution in [1.82, 2.24) is 54.9 Å². The minimum atomic E-state index is -0.840. The molecule has 5 aromatic heterocycles. The van der Waals surface area contributed by atoms with E-state index in [1.165, 1.54) is 10.6 Å². The number of fused-ring (bicyclic) bond motifs is 1. The Hall–Kier alpha value is -6.59. The second kappa shape index (κ2) is 16.8. The van der Waals surface area contributed by atoms with E-state index in [0.29, 0.717) is 34.5 Å². The van der Waals surface area contributed by atoms with Gasteiger partial charge in [-0.3, -0.25) is 9.59 Å². The molecule has 1 aliphatic carbocycles. The molecule has 3 aliphatic rings. The summed E-state index contributed by atoms with van der Waals surface area (Å²) in [5.74, 6) is 0.231. The van der Waals surface area contributed by atoms with Crippen LogP contribution in [0.5, 0.6) is 5.75 Å². The molecule has 1 unspecified atom stereocenters. The fourth-order valence-electron chi connectivity index (χ4n) is 9.33. The van der Waals surface area contributed by atoms with Gasteiger partial charge in [-0.15, -0.1) is 26.6 Å². The Morgan fingerprint density at radius 2 is 1.67 bits per heavy atom. The number of carbonyl (C=O) groups excluding carboxylic acids is 2. The predicted octanol–water partition coefficient (Wildman–Crippen LogP) is 6.65. The third kappa shape index (κ3) is 7.87. The number of hydrogen-bond acceptors (Lipinski definition) is 13. The highest BCUT2D eigenvalue weighted by atomic mass is 32.1. The first-order valence-electron chi connectivity index (χ1n) is 22.0. The Morgan fingerprint density at radius 1 is 0.891 bits per heavy atom. The van der Waals surface area contributed by atoms with Crippen molar-refractivity contribution in [3.8, 4) is 38.7 Å². The van der Waals surface area contributed by atoms with Crippen LogP contribution in [-0.2, 0) is 9.59 Å². The van der Waals surface area contributed by atoms with Crippen molar-refractivity contribution in [2.24, 2.45) is 5.92 Å². The van der Waals surface area contributed by atoms with E-state index >= 15 is 0 Å². The molecule has 17 heteroatoms. The van der Waals surface area contributed by atoms with Gasteiger partial charge in [0.15, 0.2) is 0 Å². The molecule has 64 heavy (non-hydrogen) atoms. The minimum absolute atomic E-state index is 0.0448. The maximum Gasteiger partial charge on any atom is 0.248 e. The highest BCUT2D eigenvalue weighted by Gasteiger charge is 2.43. The van der Waals surface area contributed by atoms with E-state index in [-0.39, 0.29) is 48.4 Å². The molecular formula is C47H50N12O4S. The van der Waals surface area contributed by atoms with Crippen molar-refractivity contribution in [2.45, 2.75) is 89.6 Å². The number of nitrogens with one attached hydrogen (secondary N) is 1. The molecule has 0 bridgehead atoms. The monoisotopic (exact) mass is 878 g/mol. The maximum absolute atomic E-state index is 14.3. The van der Waals surface area contributed by atoms with Crippen LogP contribution in [0.15, 0.2) is 84.8 Å². The summed E-state index contributed by atoms with van der Waals surface area (Å²) >= 11 is 1.59. The number of anilines is 1. The number of phenolic OH excluding ortho intramolecular Hbond substituents is 1. The maximum atomic E-state index is 14.3. The molecule has 2 amide bonds. The molecule has 7 heterocycles. The summed E-state index contributed by atoms with van der Waals surface area (Å²) in [7, 11) is 0. The van der Waals surface area contributed by atoms with E-state index in [1.54, 1.807) is 46.7 Å². The number of phenols is 1. The number of likely N-dealkylation sites (tertiary alicyclic amines) is 1. The molecule has 2 aromatic carbocycles. The third-order valence-electron chi connectivity index (χ3n) is 12.9. The number of amides is 2. The second-order valence-electron chi connectivity index (χ2n) is 17.7. The van der Waals surface area contributed by atoms with Gasteiger partial charge in [-0.05, 0) is 74.4 Å². The summed E-state index contributed by atoms with van der Waals surface area (Å²) in [6.45, 7) is 9.34. The number of aliphatic hydroxyl groups excluding tert-OH is 1. The smallest absolute Gasteiger partial charge is 0.248 e. The zero-order chi connectivity index (χ0) is 44.2. The van der Waals surface area contributed by atoms with E-state index in [2.05, 4.69) is 46.3 Å². The number of carbonyl (C=O) groups is 2. The number of aryl methyl sites for hydroxylation is 1. The molecule has 0 spiro atoms. The van der Waals surface area contributed by atoms with E-state index in [0.717, 1.165) is 65.1 Å². The second-order valence-corrected chi connectivity index (χ2v) is 18.5. The SMILES string of the molecule is Cc1ncsc1-c1ccc([C@H](C)NC(=O)[C@@H]2C[C@@H](O)CN2C(=O)C(C(C)C)n2cc(-c3cnc(N4CC[C@@H](c5cc6nnc(-c7ccccc7O)cc6n5C5CC5)C4)nc3)nn2)cc1. The molecule has 3 fully saturated rings. The normalized spacial score (nSPS) is 19.8. The average Bonchev–Trinajstić information content (AvgIpc) is 3.81. The molecule has 2 saturated heterocycles. The summed E-state index contributed by atoms with van der Waals surface area (Å²) in [5.41, 5.74) is 10.4. The van der Waals surface area contributed by atoms with E-state index in [4.69, 9.17) is 9.97 Å². The zero-order valence-corrected chi connectivity index (χ0v) is 36.9. The fourth-order valence-corrected chi connectivity index (χ4v) is 10.1. The van der Waals surface area contributed by atoms with Crippen LogP contribution >= 0.6 is 11.3 Å². The van der Waals surface area contributed by atoms with Gasteiger partial charge in [0.1, 0.15) is 29.0 Å². The van der Waals surface area contributed by atoms with Crippen molar-refractivity contribution in [3.63, 3.8) is 0 Å². The lowest BCUT2D eigenvalue weighted by Gasteiger charge is -2.30. The highest BCUT2D eigenvalue weighted by Crippen LogP contribution is 2.44. The first-order valence-corrected chi connectivity index (χ1v) is 22.8. The van der Waals surface area contributed by atoms with Gasteiger partial charge < -0.3 is 29.9 Å². The number of hydrogen-bond donors (Lipinski definition) is 3. The zero-order valence-electron chi connectivity index (χ0n) is 36.1. The van der Waals surface area contributed by atoms with Gasteiger partial charge in [-0.2, -0.15) is 0 Å². The van der Waals surface area contributed by atoms with Crippen LogP contribution in [0.1, 0.15) is 87.4 Å². The predicted molar refractivity (Wildman–Crippen MR) is 242 cm³/mol. The van der Waals surface area contributed by atoms with Gasteiger partial charge in [0.25, 0.3) is 0 Å². The molecule has 1 saturated carbocycles. The van der Waals surface area contributed by atoms with Crippen LogP contribution in [0.4, 0.5) is 5.95 Å². The number of aromatic hydroxyl groups is 1. The van der Waals surface area contributed by atoms with E-state index < -0.39 is 18.2 Å². The first kappa shape index (κ1) is 41.4. The Bertz CT molecular complexity index is 2830. The lowest BCUT2D eigenvalue weighted by molar-refractivity contribution is -0.142. The summed E-state index contributed by atoms with van der Waals surface area (Å²) in [6, 6.07) is 18.0. The lowest BCUT2D eigenvalue weighted by Crippen LogP contribution is -2.49. The van der Waals surface area contributed by atoms with Gasteiger partial charge in [0.2, 0.25) is 17.8 Å². The van der Waals surface area contributed by atoms with Gasteiger partial charge in [-0.1, -0.05) is 55.5 Å². The molecular weight excluding hydrogens is 829 g/mol. The average molecular weight is 879 g/mol. The number of aromatic nitrogens is 9. The van der Waals surface area contributed by atoms with Gasteiger partial charge >= 0.3 is 0 Å². The summed E-state index contributed by atoms with van der Waals surface area (Å²) in [6.07, 6.45) is 7.67. The Balaban J connectivity index is 0.807. The van der Waals surface area contributed by atoms with Crippen LogP contribution in [0.2, 0.25) is 0 Å². The molecule has 0 radical (unpaired) electrons. The van der Waals surface area contributed by atoms with Gasteiger partial charge in [0, 0.05) is 67.2 Å². The van der Waals surface area contributed by atoms with Crippen LogP contribution in [0, 0.1) is 12.8 Å². The Labute approximate surface area is 374 Å². The van der Waals surface area contributed by atoms with Crippen LogP contribution in [-0.4, -0.2) is 103 Å². The lowest BCUT2D eigenvalue weighted by atomic mass is 10.0. The van der Waals surface area contributed by atoms with E-state index in [1.807, 2.05) is 75.7 Å². The number of nitrogens with zero attached hydrogens (tertiary/aromatic N) is 11. The molecule has 2 aliphatic heterocycles. The van der Waals surface area contributed by atoms with Crippen LogP contribution in [0.25, 0.3) is 44.0 Å². The largest absolute Gasteiger partial charge is 0.507 e. The van der Waals surface area contributed by atoms with Crippen molar-refractivity contribution in [1.29, 1.82) is 0 Å². The van der Waals surface area contributed by atoms with Crippen molar-refractivity contribution < 1.29 is 19.8 Å². The number of rotatable bonds is 12. The summed E-state index contributed by atoms with van der Waals surface area (Å²) < 4.78 is 3.97. The Morgan fingerprint density at radius 3 is 2.39 bits per heavy atom. The minimum Gasteiger partial charge on any atom is -0.507 e. The van der Waals surface area contributed by atoms with Gasteiger partial charge in [0.05, 0.1) is 45.6 Å². The number of β-amino-alcohol motifs (C(OH)–C–C–N with tert-alkyl or cyclic N) is 1. The first-order chi connectivity index (χ1) is 31.0. The summed E-state index contributed by atoms with van der Waals surface area (Å²) in [4.78, 5) is 46.8. The molecule has 16 nitrogen and oxygen atoms in total. The Kier molecular flexibility index (Phi) is 10.9. The van der Waals surface area contributed by atoms with Crippen LogP contribution in [0.3, 0.4) is 0 Å². The number of thiazole rings is 1. The molecule has 328 valence electrons. The number of benzene rings is 2. The topological polar surface area (TPSA) is 193 Å². The number of aliphatic hydroxyl groups is 1. The molecule has 5 atom stereocenters. The van der Waals surface area contributed by atoms with E-state index in [9.17, 15) is 19.8 Å². The van der Waals surface area contributed by atoms with Crippen molar-refractivity contribution in [3.05, 3.63) is 102 Å². The standard InChI is InChI=1S/C47H50N12O4S/c1-26(2)43(46(63)57-23-34(60)17-41(57)45(62)51-27(3)29-9-11-30(12-10-29)44-28(4)50-25-64-44)58-24-38(54-55-58)32-20-48-47(49-21-32)56-16-15-31(22-56)39-19-37-40(59(39)33-13-14-33)18-36(52-53-37)35-7-5-6-8-42(35)61/h5-12,18-21,24-27,31,33-34,41,43,60-61H,13-17,22-23H2,1-4H3,(H,51,62)/t27-,31+,34+,41-,43?/m0/s1. The van der Waals surface area contributed by atoms with Crippen molar-refractivity contribution in [2.75, 3.05) is 24.5 Å². The van der Waals surface area contributed by atoms with Gasteiger partial charge in [-0.25, -0.2) is 19.6 Å². The fraction of sp³-hybridized carbons (Fsp3) is 0.383. The highest BCUT2D eigenvalue weighted by molar-refractivity contribution is 7.13. The molecule has 3 N–H and O–H groups in total.